The molecule has 2 amide bonds. The van der Waals surface area contributed by atoms with E-state index in [-0.39, 0.29) is 18.2 Å². The van der Waals surface area contributed by atoms with Crippen LogP contribution in [0.15, 0.2) is 18.2 Å². The SMILES string of the molecule is COc1ccc(CN2CC[C@H]3[C@@H](C2)NC(=O)N3C)c(OC(C)C)c1. The first kappa shape index (κ1) is 16.9. The van der Waals surface area contributed by atoms with Crippen LogP contribution in [0.5, 0.6) is 11.5 Å². The van der Waals surface area contributed by atoms with Gasteiger partial charge < -0.3 is 19.7 Å². The van der Waals surface area contributed by atoms with Gasteiger partial charge >= 0.3 is 6.03 Å². The molecule has 0 aliphatic carbocycles. The van der Waals surface area contributed by atoms with Crippen LogP contribution in [0.4, 0.5) is 4.79 Å². The number of urea groups is 1. The molecule has 1 N–H and O–H groups in total. The van der Waals surface area contributed by atoms with Crippen LogP contribution in [-0.2, 0) is 6.54 Å². The van der Waals surface area contributed by atoms with E-state index in [4.69, 9.17) is 9.47 Å². The number of hydrogen-bond acceptors (Lipinski definition) is 4. The maximum atomic E-state index is 11.8. The number of rotatable bonds is 5. The third kappa shape index (κ3) is 3.43. The predicted octanol–water partition coefficient (Wildman–Crippen LogP) is 2.08. The molecule has 0 bridgehead atoms. The molecule has 2 aliphatic rings. The van der Waals surface area contributed by atoms with Crippen LogP contribution < -0.4 is 14.8 Å². The number of amides is 2. The molecule has 0 saturated carbocycles. The highest BCUT2D eigenvalue weighted by molar-refractivity contribution is 5.77. The van der Waals surface area contributed by atoms with Crippen LogP contribution in [0.2, 0.25) is 0 Å². The van der Waals surface area contributed by atoms with Crippen molar-refractivity contribution in [1.82, 2.24) is 15.1 Å². The molecule has 1 aromatic carbocycles. The van der Waals surface area contributed by atoms with Gasteiger partial charge in [0.2, 0.25) is 0 Å². The summed E-state index contributed by atoms with van der Waals surface area (Å²) in [5, 5.41) is 3.08. The minimum Gasteiger partial charge on any atom is -0.497 e. The van der Waals surface area contributed by atoms with Gasteiger partial charge in [0.05, 0.1) is 25.3 Å². The number of benzene rings is 1. The first-order chi connectivity index (χ1) is 11.5. The number of likely N-dealkylation sites (tertiary alicyclic amines) is 1. The zero-order chi connectivity index (χ0) is 17.3. The molecule has 2 saturated heterocycles. The molecule has 2 atom stereocenters. The van der Waals surface area contributed by atoms with Crippen molar-refractivity contribution in [3.8, 4) is 11.5 Å². The Balaban J connectivity index is 1.71. The number of likely N-dealkylation sites (N-methyl/N-ethyl adjacent to an activating group) is 1. The summed E-state index contributed by atoms with van der Waals surface area (Å²) < 4.78 is 11.3. The van der Waals surface area contributed by atoms with Crippen LogP contribution in [0.1, 0.15) is 25.8 Å². The van der Waals surface area contributed by atoms with Gasteiger partial charge in [-0.1, -0.05) is 6.07 Å². The molecule has 2 heterocycles. The lowest BCUT2D eigenvalue weighted by Gasteiger charge is -2.36. The summed E-state index contributed by atoms with van der Waals surface area (Å²) in [6.07, 6.45) is 1.11. The summed E-state index contributed by atoms with van der Waals surface area (Å²) in [5.74, 6) is 1.68. The summed E-state index contributed by atoms with van der Waals surface area (Å²) in [7, 11) is 3.55. The summed E-state index contributed by atoms with van der Waals surface area (Å²) in [4.78, 5) is 16.0. The standard InChI is InChI=1S/C18H27N3O3/c1-12(2)24-17-9-14(23-4)6-5-13(17)10-21-8-7-16-15(11-21)19-18(22)20(16)3/h5-6,9,12,15-16H,7-8,10-11H2,1-4H3,(H,19,22)/t15-,16+/m1/s1. The average molecular weight is 333 g/mol. The highest BCUT2D eigenvalue weighted by atomic mass is 16.5. The third-order valence-electron chi connectivity index (χ3n) is 4.82. The second-order valence-electron chi connectivity index (χ2n) is 6.90. The quantitative estimate of drug-likeness (QED) is 0.896. The Hall–Kier alpha value is -1.95. The van der Waals surface area contributed by atoms with Crippen LogP contribution in [0.25, 0.3) is 0 Å². The summed E-state index contributed by atoms with van der Waals surface area (Å²) in [6, 6.07) is 6.57. The van der Waals surface area contributed by atoms with Crippen molar-refractivity contribution >= 4 is 6.03 Å². The summed E-state index contributed by atoms with van der Waals surface area (Å²) in [5.41, 5.74) is 1.15. The second-order valence-corrected chi connectivity index (χ2v) is 6.90. The van der Waals surface area contributed by atoms with E-state index in [1.165, 1.54) is 0 Å². The molecule has 24 heavy (non-hydrogen) atoms. The van der Waals surface area contributed by atoms with Crippen molar-refractivity contribution in [2.75, 3.05) is 27.2 Å². The Morgan fingerprint density at radius 1 is 1.38 bits per heavy atom. The van der Waals surface area contributed by atoms with Gasteiger partial charge in [-0.3, -0.25) is 4.90 Å². The van der Waals surface area contributed by atoms with Gasteiger partial charge in [-0.05, 0) is 26.3 Å². The van der Waals surface area contributed by atoms with Crippen LogP contribution >= 0.6 is 0 Å². The zero-order valence-corrected chi connectivity index (χ0v) is 14.9. The van der Waals surface area contributed by atoms with Gasteiger partial charge in [0.25, 0.3) is 0 Å². The minimum absolute atomic E-state index is 0.0418. The van der Waals surface area contributed by atoms with Gasteiger partial charge in [-0.25, -0.2) is 4.79 Å². The molecule has 2 fully saturated rings. The fraction of sp³-hybridized carbons (Fsp3) is 0.611. The molecule has 2 aliphatic heterocycles. The largest absolute Gasteiger partial charge is 0.497 e. The first-order valence-corrected chi connectivity index (χ1v) is 8.57. The van der Waals surface area contributed by atoms with E-state index in [1.54, 1.807) is 7.11 Å². The highest BCUT2D eigenvalue weighted by Crippen LogP contribution is 2.29. The van der Waals surface area contributed by atoms with Gasteiger partial charge in [-0.2, -0.15) is 0 Å². The van der Waals surface area contributed by atoms with E-state index < -0.39 is 0 Å². The smallest absolute Gasteiger partial charge is 0.317 e. The second kappa shape index (κ2) is 6.89. The summed E-state index contributed by atoms with van der Waals surface area (Å²) >= 11 is 0. The van der Waals surface area contributed by atoms with Gasteiger partial charge in [0, 0.05) is 38.3 Å². The normalized spacial score (nSPS) is 24.0. The van der Waals surface area contributed by atoms with Crippen LogP contribution in [0, 0.1) is 0 Å². The zero-order valence-electron chi connectivity index (χ0n) is 14.9. The molecule has 1 aromatic rings. The monoisotopic (exact) mass is 333 g/mol. The number of hydrogen-bond donors (Lipinski definition) is 1. The molecule has 0 spiro atoms. The Kier molecular flexibility index (Phi) is 4.85. The molecule has 0 aromatic heterocycles. The maximum Gasteiger partial charge on any atom is 0.317 e. The van der Waals surface area contributed by atoms with E-state index in [1.807, 2.05) is 37.9 Å². The Morgan fingerprint density at radius 3 is 2.88 bits per heavy atom. The number of ether oxygens (including phenoxy) is 2. The number of nitrogens with one attached hydrogen (secondary N) is 1. The summed E-state index contributed by atoms with van der Waals surface area (Å²) in [6.45, 7) is 6.72. The fourth-order valence-corrected chi connectivity index (χ4v) is 3.56. The van der Waals surface area contributed by atoms with Crippen molar-refractivity contribution in [2.24, 2.45) is 0 Å². The lowest BCUT2D eigenvalue weighted by atomic mass is 9.99. The number of fused-ring (bicyclic) bond motifs is 1. The van der Waals surface area contributed by atoms with Crippen molar-refractivity contribution in [2.45, 2.75) is 45.0 Å². The lowest BCUT2D eigenvalue weighted by Crippen LogP contribution is -2.50. The Bertz CT molecular complexity index is 605. The number of nitrogens with zero attached hydrogens (tertiary/aromatic N) is 2. The number of carbonyl (C=O) groups excluding carboxylic acids is 1. The fourth-order valence-electron chi connectivity index (χ4n) is 3.56. The van der Waals surface area contributed by atoms with Crippen LogP contribution in [-0.4, -0.2) is 61.3 Å². The Labute approximate surface area is 143 Å². The predicted molar refractivity (Wildman–Crippen MR) is 92.5 cm³/mol. The number of methoxy groups -OCH3 is 1. The molecule has 132 valence electrons. The average Bonchev–Trinajstić information content (AvgIpc) is 2.82. The highest BCUT2D eigenvalue weighted by Gasteiger charge is 2.40. The van der Waals surface area contributed by atoms with Crippen molar-refractivity contribution in [3.05, 3.63) is 23.8 Å². The van der Waals surface area contributed by atoms with E-state index >= 15 is 0 Å². The maximum absolute atomic E-state index is 11.8. The molecule has 0 radical (unpaired) electrons. The molecular weight excluding hydrogens is 306 g/mol. The molecule has 0 unspecified atom stereocenters. The third-order valence-corrected chi connectivity index (χ3v) is 4.82. The number of carbonyl (C=O) groups is 1. The number of piperidine rings is 1. The molecule has 6 heteroatoms. The van der Waals surface area contributed by atoms with E-state index in [2.05, 4.69) is 16.3 Å². The van der Waals surface area contributed by atoms with Crippen molar-refractivity contribution in [1.29, 1.82) is 0 Å². The Morgan fingerprint density at radius 2 is 2.17 bits per heavy atom. The molecule has 6 nitrogen and oxygen atoms in total. The van der Waals surface area contributed by atoms with Gasteiger partial charge in [-0.15, -0.1) is 0 Å². The van der Waals surface area contributed by atoms with E-state index in [0.29, 0.717) is 6.04 Å². The van der Waals surface area contributed by atoms with Crippen molar-refractivity contribution < 1.29 is 14.3 Å². The van der Waals surface area contributed by atoms with E-state index in [9.17, 15) is 4.79 Å². The van der Waals surface area contributed by atoms with Gasteiger partial charge in [0.1, 0.15) is 11.5 Å². The lowest BCUT2D eigenvalue weighted by molar-refractivity contribution is 0.145. The topological polar surface area (TPSA) is 54.0 Å². The first-order valence-electron chi connectivity index (χ1n) is 8.57. The van der Waals surface area contributed by atoms with Gasteiger partial charge in [0.15, 0.2) is 0 Å². The van der Waals surface area contributed by atoms with Crippen molar-refractivity contribution in [3.63, 3.8) is 0 Å². The van der Waals surface area contributed by atoms with Crippen LogP contribution in [0.3, 0.4) is 0 Å². The molecular formula is C18H27N3O3. The van der Waals surface area contributed by atoms with E-state index in [0.717, 1.165) is 43.1 Å². The molecule has 3 rings (SSSR count). The minimum atomic E-state index is 0.0418.